The van der Waals surface area contributed by atoms with Gasteiger partial charge in [-0.1, -0.05) is 48.0 Å². The van der Waals surface area contributed by atoms with Gasteiger partial charge in [-0.05, 0) is 43.9 Å². The van der Waals surface area contributed by atoms with Crippen molar-refractivity contribution >= 4 is 47.3 Å². The van der Waals surface area contributed by atoms with Crippen molar-refractivity contribution < 1.29 is 58.8 Å². The number of carbonyl (C=O) groups excluding carboxylic acids is 7. The Labute approximate surface area is 309 Å². The molecule has 0 rings (SSSR count). The fraction of sp³-hybridized carbons (Fsp3) is 0.758. The van der Waals surface area contributed by atoms with E-state index in [1.54, 1.807) is 41.5 Å². The number of carboxylic acids is 1. The van der Waals surface area contributed by atoms with E-state index < -0.39 is 115 Å². The van der Waals surface area contributed by atoms with E-state index in [4.69, 9.17) is 11.5 Å². The molecule has 0 saturated carbocycles. The van der Waals surface area contributed by atoms with Crippen LogP contribution in [-0.4, -0.2) is 129 Å². The zero-order valence-electron chi connectivity index (χ0n) is 31.5. The molecule has 14 N–H and O–H groups in total. The molecule has 0 fully saturated rings. The first kappa shape index (κ1) is 48.6. The number of nitrogens with two attached hydrogens (primary N) is 2. The largest absolute Gasteiger partial charge is 0.480 e. The average molecular weight is 761 g/mol. The minimum absolute atomic E-state index is 0.0448. The molecule has 7 amide bonds. The molecule has 0 aliphatic rings. The lowest BCUT2D eigenvalue weighted by atomic mass is 9.96. The van der Waals surface area contributed by atoms with Gasteiger partial charge in [0.1, 0.15) is 36.3 Å². The number of rotatable bonds is 25. The summed E-state index contributed by atoms with van der Waals surface area (Å²) in [5.41, 5.74) is 10.8. The van der Waals surface area contributed by atoms with E-state index in [9.17, 15) is 58.8 Å². The predicted molar refractivity (Wildman–Crippen MR) is 190 cm³/mol. The predicted octanol–water partition coefficient (Wildman–Crippen LogP) is -3.92. The minimum Gasteiger partial charge on any atom is -0.480 e. The second-order valence-electron chi connectivity index (χ2n) is 13.9. The molecule has 9 atom stereocenters. The summed E-state index contributed by atoms with van der Waals surface area (Å²) in [5.74, 6) is -8.55. The molecule has 0 aromatic carbocycles. The molecule has 0 spiro atoms. The molecular formula is C33H60N8O12. The topological polar surface area (TPSA) is 342 Å². The number of aliphatic carboxylic acids is 1. The van der Waals surface area contributed by atoms with Gasteiger partial charge in [0, 0.05) is 6.42 Å². The Bertz CT molecular complexity index is 1260. The summed E-state index contributed by atoms with van der Waals surface area (Å²) in [7, 11) is 0. The quantitative estimate of drug-likeness (QED) is 0.0424. The second-order valence-corrected chi connectivity index (χ2v) is 13.9. The number of hydrogen-bond donors (Lipinski definition) is 12. The normalized spacial score (nSPS) is 16.4. The average Bonchev–Trinajstić information content (AvgIpc) is 3.07. The molecule has 0 heterocycles. The summed E-state index contributed by atoms with van der Waals surface area (Å²) in [6.07, 6.45) is -1.72. The molecule has 0 radical (unpaired) electrons. The van der Waals surface area contributed by atoms with Gasteiger partial charge in [-0.3, -0.25) is 33.6 Å². The maximum Gasteiger partial charge on any atom is 0.328 e. The Kier molecular flexibility index (Phi) is 22.0. The zero-order chi connectivity index (χ0) is 41.2. The molecule has 0 saturated heterocycles. The van der Waals surface area contributed by atoms with E-state index >= 15 is 0 Å². The molecule has 304 valence electrons. The third-order valence-corrected chi connectivity index (χ3v) is 8.18. The van der Waals surface area contributed by atoms with Crippen LogP contribution in [0.25, 0.3) is 0 Å². The second kappa shape index (κ2) is 24.0. The number of nitrogens with one attached hydrogen (secondary N) is 6. The van der Waals surface area contributed by atoms with Gasteiger partial charge in [-0.2, -0.15) is 0 Å². The molecule has 0 bridgehead atoms. The van der Waals surface area contributed by atoms with Crippen molar-refractivity contribution in [2.45, 2.75) is 129 Å². The summed E-state index contributed by atoms with van der Waals surface area (Å²) >= 11 is 0. The fourth-order valence-corrected chi connectivity index (χ4v) is 4.92. The summed E-state index contributed by atoms with van der Waals surface area (Å²) < 4.78 is 0. The van der Waals surface area contributed by atoms with E-state index in [1.807, 2.05) is 0 Å². The van der Waals surface area contributed by atoms with Crippen molar-refractivity contribution in [3.05, 3.63) is 0 Å². The Morgan fingerprint density at radius 1 is 0.585 bits per heavy atom. The summed E-state index contributed by atoms with van der Waals surface area (Å²) in [4.78, 5) is 102. The number of primary amides is 1. The summed E-state index contributed by atoms with van der Waals surface area (Å²) in [5, 5.41) is 52.8. The lowest BCUT2D eigenvalue weighted by Gasteiger charge is -2.30. The van der Waals surface area contributed by atoms with Crippen LogP contribution >= 0.6 is 0 Å². The molecule has 20 heteroatoms. The lowest BCUT2D eigenvalue weighted by molar-refractivity contribution is -0.145. The number of carboxylic acid groups (broad SMARTS) is 1. The van der Waals surface area contributed by atoms with Crippen LogP contribution in [0, 0.1) is 17.8 Å². The molecule has 53 heavy (non-hydrogen) atoms. The van der Waals surface area contributed by atoms with Crippen LogP contribution in [0.15, 0.2) is 0 Å². The van der Waals surface area contributed by atoms with Crippen molar-refractivity contribution in [1.29, 1.82) is 0 Å². The highest BCUT2D eigenvalue weighted by atomic mass is 16.4. The van der Waals surface area contributed by atoms with Crippen LogP contribution in [0.4, 0.5) is 0 Å². The monoisotopic (exact) mass is 760 g/mol. The highest BCUT2D eigenvalue weighted by Gasteiger charge is 2.36. The van der Waals surface area contributed by atoms with Crippen molar-refractivity contribution in [1.82, 2.24) is 31.9 Å². The van der Waals surface area contributed by atoms with Crippen molar-refractivity contribution in [3.8, 4) is 0 Å². The Hall–Kier alpha value is -4.40. The molecule has 0 aromatic heterocycles. The number of hydrogen-bond acceptors (Lipinski definition) is 12. The van der Waals surface area contributed by atoms with Gasteiger partial charge >= 0.3 is 5.97 Å². The first-order valence-corrected chi connectivity index (χ1v) is 17.6. The van der Waals surface area contributed by atoms with E-state index in [1.165, 1.54) is 0 Å². The summed E-state index contributed by atoms with van der Waals surface area (Å²) in [6, 6.07) is -9.89. The smallest absolute Gasteiger partial charge is 0.328 e. The minimum atomic E-state index is -1.74. The zero-order valence-corrected chi connectivity index (χ0v) is 31.5. The van der Waals surface area contributed by atoms with E-state index in [2.05, 4.69) is 31.9 Å². The third kappa shape index (κ3) is 17.8. The van der Waals surface area contributed by atoms with Crippen LogP contribution in [-0.2, 0) is 38.4 Å². The van der Waals surface area contributed by atoms with Gasteiger partial charge in [0.15, 0.2) is 6.04 Å². The van der Waals surface area contributed by atoms with Gasteiger partial charge in [0.05, 0.1) is 19.3 Å². The molecule has 0 aromatic rings. The van der Waals surface area contributed by atoms with Crippen LogP contribution in [0.2, 0.25) is 0 Å². The third-order valence-electron chi connectivity index (χ3n) is 8.18. The number of aliphatic hydroxyl groups is 3. The molecule has 0 aliphatic heterocycles. The van der Waals surface area contributed by atoms with Crippen LogP contribution in [0.1, 0.15) is 80.6 Å². The molecular weight excluding hydrogens is 700 g/mol. The van der Waals surface area contributed by atoms with Crippen molar-refractivity contribution in [2.24, 2.45) is 29.2 Å². The Balaban J connectivity index is 6.20. The van der Waals surface area contributed by atoms with Crippen molar-refractivity contribution in [2.75, 3.05) is 13.2 Å². The molecule has 20 nitrogen and oxygen atoms in total. The van der Waals surface area contributed by atoms with Gasteiger partial charge in [0.25, 0.3) is 0 Å². The number of amides is 7. The number of aliphatic hydroxyl groups excluding tert-OH is 3. The van der Waals surface area contributed by atoms with E-state index in [0.29, 0.717) is 6.42 Å². The molecule has 0 aliphatic carbocycles. The maximum absolute atomic E-state index is 13.7. The number of carbonyl (C=O) groups is 8. The Morgan fingerprint density at radius 3 is 1.42 bits per heavy atom. The van der Waals surface area contributed by atoms with Gasteiger partial charge in [-0.15, -0.1) is 0 Å². The SMILES string of the molecule is CC[C@H](C)[C@H](NC(=O)[C@H](CC(C)C)NC(=O)[C@H](CO)NC(=O)[C@H](CC(C)C)NC(=O)[C@@H](N)CO)C(=O)N[C@@H](CCC(N)=O)C(=O)N[C@H](C(=O)O)[C@@H](C)O. The summed E-state index contributed by atoms with van der Waals surface area (Å²) in [6.45, 7) is 9.99. The van der Waals surface area contributed by atoms with Gasteiger partial charge < -0.3 is 63.8 Å². The fourth-order valence-electron chi connectivity index (χ4n) is 4.92. The first-order valence-electron chi connectivity index (χ1n) is 17.6. The standard InChI is InChI=1S/C33H60N8O12/c1-8-17(6)25(32(51)36-20(9-10-24(35)45)28(47)41-26(18(7)44)33(52)53)40-30(49)22(12-16(4)5)38-31(50)23(14-43)39-29(48)21(11-15(2)3)37-27(46)19(34)13-42/h15-23,25-26,42-44H,8-14,34H2,1-7H3,(H2,35,45)(H,36,51)(H,37,46)(H,38,50)(H,39,48)(H,40,49)(H,41,47)(H,52,53)/t17-,18+,19-,20-,21-,22-,23-,25-,26-/m0/s1. The van der Waals surface area contributed by atoms with Crippen LogP contribution in [0.5, 0.6) is 0 Å². The Morgan fingerprint density at radius 2 is 1.00 bits per heavy atom. The highest BCUT2D eigenvalue weighted by molar-refractivity contribution is 5.97. The van der Waals surface area contributed by atoms with Gasteiger partial charge in [0.2, 0.25) is 41.4 Å². The first-order chi connectivity index (χ1) is 24.6. The van der Waals surface area contributed by atoms with Crippen LogP contribution < -0.4 is 43.4 Å². The van der Waals surface area contributed by atoms with Gasteiger partial charge in [-0.25, -0.2) is 4.79 Å². The van der Waals surface area contributed by atoms with E-state index in [-0.39, 0.29) is 37.5 Å². The molecule has 0 unspecified atom stereocenters. The lowest BCUT2D eigenvalue weighted by Crippen LogP contribution is -2.61. The van der Waals surface area contributed by atoms with E-state index in [0.717, 1.165) is 6.92 Å². The van der Waals surface area contributed by atoms with Crippen molar-refractivity contribution in [3.63, 3.8) is 0 Å². The highest BCUT2D eigenvalue weighted by Crippen LogP contribution is 2.13. The maximum atomic E-state index is 13.7. The van der Waals surface area contributed by atoms with Crippen LogP contribution in [0.3, 0.4) is 0 Å².